The molecule has 0 amide bonds. The number of carbonyl (C=O) groups is 1. The first kappa shape index (κ1) is 9.83. The van der Waals surface area contributed by atoms with Crippen molar-refractivity contribution in [2.24, 2.45) is 0 Å². The molecule has 15 heavy (non-hydrogen) atoms. The van der Waals surface area contributed by atoms with Crippen LogP contribution in [-0.2, 0) is 16.0 Å². The Morgan fingerprint density at radius 1 is 1.47 bits per heavy atom. The van der Waals surface area contributed by atoms with Gasteiger partial charge in [0.1, 0.15) is 11.8 Å². The lowest BCUT2D eigenvalue weighted by molar-refractivity contribution is -0.141. The Morgan fingerprint density at radius 3 is 2.93 bits per heavy atom. The van der Waals surface area contributed by atoms with Crippen LogP contribution in [0.3, 0.4) is 0 Å². The summed E-state index contributed by atoms with van der Waals surface area (Å²) in [6, 6.07) is 5.42. The minimum absolute atomic E-state index is 0.242. The summed E-state index contributed by atoms with van der Waals surface area (Å²) >= 11 is 0. The van der Waals surface area contributed by atoms with Crippen LogP contribution in [0.15, 0.2) is 18.2 Å². The second-order valence-electron chi connectivity index (χ2n) is 3.41. The van der Waals surface area contributed by atoms with E-state index in [1.807, 2.05) is 18.2 Å². The van der Waals surface area contributed by atoms with Crippen LogP contribution >= 0.6 is 0 Å². The van der Waals surface area contributed by atoms with Crippen molar-refractivity contribution < 1.29 is 14.3 Å². The van der Waals surface area contributed by atoms with E-state index in [1.54, 1.807) is 7.11 Å². The third-order valence-electron chi connectivity index (χ3n) is 2.58. The van der Waals surface area contributed by atoms with Gasteiger partial charge < -0.3 is 14.8 Å². The topological polar surface area (TPSA) is 47.6 Å². The molecule has 2 rings (SSSR count). The molecule has 0 bridgehead atoms. The molecule has 0 aliphatic carbocycles. The molecule has 1 aliphatic heterocycles. The number of esters is 1. The molecule has 1 atom stereocenters. The molecule has 0 saturated heterocycles. The van der Waals surface area contributed by atoms with E-state index in [-0.39, 0.29) is 12.0 Å². The van der Waals surface area contributed by atoms with Gasteiger partial charge in [0.2, 0.25) is 0 Å². The van der Waals surface area contributed by atoms with Gasteiger partial charge >= 0.3 is 5.97 Å². The van der Waals surface area contributed by atoms with E-state index in [9.17, 15) is 4.79 Å². The fourth-order valence-corrected chi connectivity index (χ4v) is 1.83. The molecule has 4 heteroatoms. The molecule has 1 N–H and O–H groups in total. The first-order chi connectivity index (χ1) is 7.26. The molecular weight excluding hydrogens is 194 g/mol. The van der Waals surface area contributed by atoms with Crippen LogP contribution in [0, 0.1) is 0 Å². The number of anilines is 1. The highest BCUT2D eigenvalue weighted by Crippen LogP contribution is 2.33. The molecule has 0 saturated carbocycles. The quantitative estimate of drug-likeness (QED) is 0.740. The summed E-state index contributed by atoms with van der Waals surface area (Å²) in [5.74, 6) is 0.569. The minimum Gasteiger partial charge on any atom is -0.496 e. The molecule has 0 unspecified atom stereocenters. The summed E-state index contributed by atoms with van der Waals surface area (Å²) in [6.45, 7) is 0. The Labute approximate surface area is 88.2 Å². The van der Waals surface area contributed by atoms with Gasteiger partial charge in [0, 0.05) is 17.7 Å². The van der Waals surface area contributed by atoms with Crippen LogP contribution in [0.4, 0.5) is 5.69 Å². The van der Waals surface area contributed by atoms with Gasteiger partial charge in [0.15, 0.2) is 0 Å². The summed E-state index contributed by atoms with van der Waals surface area (Å²) in [7, 11) is 3.02. The van der Waals surface area contributed by atoms with Crippen molar-refractivity contribution in [1.29, 1.82) is 0 Å². The second-order valence-corrected chi connectivity index (χ2v) is 3.41. The molecule has 1 heterocycles. The molecule has 1 aromatic carbocycles. The summed E-state index contributed by atoms with van der Waals surface area (Å²) < 4.78 is 9.92. The predicted octanol–water partition coefficient (Wildman–Crippen LogP) is 1.20. The Morgan fingerprint density at radius 2 is 2.27 bits per heavy atom. The number of carbonyl (C=O) groups excluding carboxylic acids is 1. The Hall–Kier alpha value is -1.71. The minimum atomic E-state index is -0.290. The SMILES string of the molecule is COC(=O)[C@H]1Cc2c(cccc2OC)N1. The van der Waals surface area contributed by atoms with Gasteiger partial charge in [-0.05, 0) is 12.1 Å². The Kier molecular flexibility index (Phi) is 2.49. The van der Waals surface area contributed by atoms with Crippen molar-refractivity contribution >= 4 is 11.7 Å². The van der Waals surface area contributed by atoms with Gasteiger partial charge in [-0.1, -0.05) is 6.07 Å². The zero-order valence-corrected chi connectivity index (χ0v) is 8.74. The Bertz CT molecular complexity index is 389. The van der Waals surface area contributed by atoms with E-state index < -0.39 is 0 Å². The highest BCUT2D eigenvalue weighted by Gasteiger charge is 2.29. The van der Waals surface area contributed by atoms with Gasteiger partial charge in [-0.3, -0.25) is 0 Å². The normalized spacial score (nSPS) is 17.9. The van der Waals surface area contributed by atoms with Crippen LogP contribution in [-0.4, -0.2) is 26.2 Å². The van der Waals surface area contributed by atoms with E-state index in [2.05, 4.69) is 5.32 Å². The zero-order valence-electron chi connectivity index (χ0n) is 8.74. The fraction of sp³-hybridized carbons (Fsp3) is 0.364. The lowest BCUT2D eigenvalue weighted by Crippen LogP contribution is -2.27. The number of nitrogens with one attached hydrogen (secondary N) is 1. The van der Waals surface area contributed by atoms with Crippen molar-refractivity contribution in [3.8, 4) is 5.75 Å². The first-order valence-corrected chi connectivity index (χ1v) is 4.76. The predicted molar refractivity (Wildman–Crippen MR) is 56.1 cm³/mol. The second kappa shape index (κ2) is 3.81. The highest BCUT2D eigenvalue weighted by atomic mass is 16.5. The third kappa shape index (κ3) is 1.63. The first-order valence-electron chi connectivity index (χ1n) is 4.76. The van der Waals surface area contributed by atoms with Crippen molar-refractivity contribution in [3.63, 3.8) is 0 Å². The van der Waals surface area contributed by atoms with E-state index in [1.165, 1.54) is 7.11 Å². The maximum absolute atomic E-state index is 11.4. The fourth-order valence-electron chi connectivity index (χ4n) is 1.83. The number of fused-ring (bicyclic) bond motifs is 1. The molecule has 0 fully saturated rings. The molecule has 0 aromatic heterocycles. The smallest absolute Gasteiger partial charge is 0.328 e. The largest absolute Gasteiger partial charge is 0.496 e. The molecule has 1 aromatic rings. The van der Waals surface area contributed by atoms with E-state index >= 15 is 0 Å². The van der Waals surface area contributed by atoms with Crippen molar-refractivity contribution in [1.82, 2.24) is 0 Å². The number of ether oxygens (including phenoxy) is 2. The molecule has 80 valence electrons. The number of hydrogen-bond acceptors (Lipinski definition) is 4. The van der Waals surface area contributed by atoms with Gasteiger partial charge in [-0.15, -0.1) is 0 Å². The van der Waals surface area contributed by atoms with Crippen LogP contribution < -0.4 is 10.1 Å². The number of methoxy groups -OCH3 is 2. The number of rotatable bonds is 2. The van der Waals surface area contributed by atoms with Crippen molar-refractivity contribution in [2.45, 2.75) is 12.5 Å². The lowest BCUT2D eigenvalue weighted by atomic mass is 10.1. The lowest BCUT2D eigenvalue weighted by Gasteiger charge is -2.07. The van der Waals surface area contributed by atoms with Crippen molar-refractivity contribution in [3.05, 3.63) is 23.8 Å². The zero-order chi connectivity index (χ0) is 10.8. The summed E-state index contributed by atoms with van der Waals surface area (Å²) in [4.78, 5) is 11.4. The Balaban J connectivity index is 2.26. The van der Waals surface area contributed by atoms with Gasteiger partial charge in [-0.25, -0.2) is 4.79 Å². The highest BCUT2D eigenvalue weighted by molar-refractivity contribution is 5.83. The monoisotopic (exact) mass is 207 g/mol. The van der Waals surface area contributed by atoms with Crippen LogP contribution in [0.25, 0.3) is 0 Å². The van der Waals surface area contributed by atoms with E-state index in [0.717, 1.165) is 17.0 Å². The van der Waals surface area contributed by atoms with Crippen LogP contribution in [0.1, 0.15) is 5.56 Å². The van der Waals surface area contributed by atoms with E-state index in [4.69, 9.17) is 9.47 Å². The molecule has 0 spiro atoms. The summed E-state index contributed by atoms with van der Waals surface area (Å²) in [5, 5.41) is 3.11. The maximum Gasteiger partial charge on any atom is 0.328 e. The van der Waals surface area contributed by atoms with Gasteiger partial charge in [0.05, 0.1) is 14.2 Å². The standard InChI is InChI=1S/C11H13NO3/c1-14-10-5-3-4-8-7(10)6-9(12-8)11(13)15-2/h3-5,9,12H,6H2,1-2H3/t9-/m1/s1. The number of benzene rings is 1. The maximum atomic E-state index is 11.4. The van der Waals surface area contributed by atoms with Gasteiger partial charge in [0.25, 0.3) is 0 Å². The molecule has 1 aliphatic rings. The summed E-state index contributed by atoms with van der Waals surface area (Å²) in [5.41, 5.74) is 1.99. The van der Waals surface area contributed by atoms with E-state index in [0.29, 0.717) is 6.42 Å². The van der Waals surface area contributed by atoms with Crippen molar-refractivity contribution in [2.75, 3.05) is 19.5 Å². The number of hydrogen-bond donors (Lipinski definition) is 1. The summed E-state index contributed by atoms with van der Waals surface area (Å²) in [6.07, 6.45) is 0.617. The molecule has 4 nitrogen and oxygen atoms in total. The average Bonchev–Trinajstić information content (AvgIpc) is 2.71. The van der Waals surface area contributed by atoms with Crippen LogP contribution in [0.5, 0.6) is 5.75 Å². The molecular formula is C11H13NO3. The van der Waals surface area contributed by atoms with Gasteiger partial charge in [-0.2, -0.15) is 0 Å². The third-order valence-corrected chi connectivity index (χ3v) is 2.58. The molecule has 0 radical (unpaired) electrons. The van der Waals surface area contributed by atoms with Crippen LogP contribution in [0.2, 0.25) is 0 Å². The average molecular weight is 207 g/mol.